The minimum Gasteiger partial charge on any atom is -0.273 e. The van der Waals surface area contributed by atoms with Gasteiger partial charge in [0.15, 0.2) is 0 Å². The Morgan fingerprint density at radius 3 is 2.33 bits per heavy atom. The second-order valence-electron chi connectivity index (χ2n) is 4.44. The number of allylic oxidation sites excluding steroid dienone is 8. The van der Waals surface area contributed by atoms with Gasteiger partial charge in [0.2, 0.25) is 0 Å². The summed E-state index contributed by atoms with van der Waals surface area (Å²) in [5.74, 6) is 0. The Bertz CT molecular complexity index is 321. The van der Waals surface area contributed by atoms with Crippen molar-refractivity contribution in [1.29, 1.82) is 0 Å². The largest absolute Gasteiger partial charge is 0.273 e. The van der Waals surface area contributed by atoms with Gasteiger partial charge < -0.3 is 0 Å². The average molecular weight is 336 g/mol. The number of rotatable bonds is 3. The topological polar surface area (TPSA) is 0 Å². The number of hydrogen-bond acceptors (Lipinski definition) is 0. The Hall–Kier alpha value is 0.0600. The van der Waals surface area contributed by atoms with Gasteiger partial charge in [-0.05, 0) is 0 Å². The molecule has 0 N–H and O–H groups in total. The molecule has 96 valence electrons. The van der Waals surface area contributed by atoms with Crippen LogP contribution >= 0.6 is 0 Å². The molecule has 0 fully saturated rings. The van der Waals surface area contributed by atoms with Gasteiger partial charge in [-0.3, -0.25) is 12.2 Å². The molecule has 0 nitrogen and oxygen atoms in total. The van der Waals surface area contributed by atoms with Gasteiger partial charge >= 0.3 is 41.9 Å². The van der Waals surface area contributed by atoms with Crippen LogP contribution in [0.4, 0.5) is 0 Å². The fourth-order valence-corrected chi connectivity index (χ4v) is 1.33. The predicted octanol–water partition coefficient (Wildman–Crippen LogP) is 4.96. The Kier molecular flexibility index (Phi) is 13.5. The quantitative estimate of drug-likeness (QED) is 0.505. The van der Waals surface area contributed by atoms with E-state index in [1.54, 1.807) is 23.3 Å². The van der Waals surface area contributed by atoms with Crippen LogP contribution in [-0.4, -0.2) is 5.43 Å². The molecule has 0 bridgehead atoms. The first-order valence-corrected chi connectivity index (χ1v) is 12.8. The molecule has 0 saturated carbocycles. The number of unbranched alkanes of at least 4 members (excludes halogenated alkanes) is 1. The average Bonchev–Trinajstić information content (AvgIpc) is 3.01. The summed E-state index contributed by atoms with van der Waals surface area (Å²) in [6, 6.07) is 0. The molecule has 0 saturated heterocycles. The molecule has 0 aromatic heterocycles. The summed E-state index contributed by atoms with van der Waals surface area (Å²) in [6.07, 6.45) is 22.5. The molecule has 0 amide bonds. The molecule has 0 radical (unpaired) electrons. The van der Waals surface area contributed by atoms with Crippen molar-refractivity contribution in [3.63, 3.8) is 0 Å². The van der Waals surface area contributed by atoms with Gasteiger partial charge in [-0.15, -0.1) is 12.8 Å². The first kappa shape index (κ1) is 18.1. The molecule has 2 heteroatoms. The molecule has 0 heterocycles. The van der Waals surface area contributed by atoms with Crippen LogP contribution in [0.5, 0.6) is 0 Å². The van der Waals surface area contributed by atoms with Crippen molar-refractivity contribution in [2.45, 2.75) is 52.1 Å². The summed E-state index contributed by atoms with van der Waals surface area (Å²) >= 11 is 1.74. The summed E-state index contributed by atoms with van der Waals surface area (Å²) in [5.41, 5.74) is 1.69. The first-order chi connectivity index (χ1) is 8.66. The van der Waals surface area contributed by atoms with Crippen molar-refractivity contribution in [2.75, 3.05) is 0 Å². The van der Waals surface area contributed by atoms with Crippen LogP contribution in [0.3, 0.4) is 0 Å². The van der Waals surface area contributed by atoms with Gasteiger partial charge in [0, 0.05) is 0 Å². The van der Waals surface area contributed by atoms with E-state index in [2.05, 4.69) is 50.4 Å². The molecular formula is C16H24SiZr. The van der Waals surface area contributed by atoms with Crippen LogP contribution in [-0.2, 0) is 23.3 Å². The fourth-order valence-electron chi connectivity index (χ4n) is 1.33. The smallest absolute Gasteiger partial charge is 0.109 e. The van der Waals surface area contributed by atoms with Crippen molar-refractivity contribution in [3.8, 4) is 0 Å². The summed E-state index contributed by atoms with van der Waals surface area (Å²) in [6.45, 7) is 6.84. The summed E-state index contributed by atoms with van der Waals surface area (Å²) in [7, 11) is 0. The second-order valence-corrected chi connectivity index (χ2v) is 13.8. The molecule has 18 heavy (non-hydrogen) atoms. The first-order valence-electron chi connectivity index (χ1n) is 6.66. The number of hydrogen-bond donors (Lipinski definition) is 0. The van der Waals surface area contributed by atoms with Crippen molar-refractivity contribution < 1.29 is 23.3 Å². The van der Waals surface area contributed by atoms with E-state index in [0.29, 0.717) is 0 Å². The molecule has 2 aliphatic rings. The van der Waals surface area contributed by atoms with E-state index in [9.17, 15) is 0 Å². The van der Waals surface area contributed by atoms with Crippen LogP contribution in [0, 0.1) is 12.2 Å². The summed E-state index contributed by atoms with van der Waals surface area (Å²) in [4.78, 5) is 0. The molecule has 0 aromatic carbocycles. The minimum absolute atomic E-state index is 0.210. The maximum atomic E-state index is 3.16. The van der Waals surface area contributed by atoms with Crippen molar-refractivity contribution in [3.05, 3.63) is 48.1 Å². The maximum Gasteiger partial charge on any atom is -0.109 e. The SMILES string of the molecule is CCCCC1=CC[C-]=C1.C[Si](C)=[Zr+2].[C-]1=CC=CC1. The van der Waals surface area contributed by atoms with E-state index in [1.165, 1.54) is 24.8 Å². The van der Waals surface area contributed by atoms with Gasteiger partial charge in [-0.2, -0.15) is 12.2 Å². The van der Waals surface area contributed by atoms with Crippen LogP contribution in [0.2, 0.25) is 13.1 Å². The molecular weight excluding hydrogens is 311 g/mol. The Labute approximate surface area is 128 Å². The zero-order valence-corrected chi connectivity index (χ0v) is 15.4. The maximum absolute atomic E-state index is 3.16. The van der Waals surface area contributed by atoms with Gasteiger partial charge in [-0.1, -0.05) is 26.2 Å². The van der Waals surface area contributed by atoms with Crippen LogP contribution < -0.4 is 0 Å². The third-order valence-electron chi connectivity index (χ3n) is 2.17. The van der Waals surface area contributed by atoms with Gasteiger partial charge in [0.05, 0.1) is 0 Å². The fraction of sp³-hybridized carbons (Fsp3) is 0.500. The molecule has 0 spiro atoms. The molecule has 0 aromatic rings. The van der Waals surface area contributed by atoms with Gasteiger partial charge in [0.1, 0.15) is 0 Å². The third-order valence-corrected chi connectivity index (χ3v) is 2.17. The molecule has 0 aliphatic heterocycles. The van der Waals surface area contributed by atoms with Gasteiger partial charge in [0.25, 0.3) is 0 Å². The van der Waals surface area contributed by atoms with E-state index >= 15 is 0 Å². The Morgan fingerprint density at radius 2 is 2.00 bits per heavy atom. The zero-order valence-electron chi connectivity index (χ0n) is 11.9. The summed E-state index contributed by atoms with van der Waals surface area (Å²) < 4.78 is 0. The minimum atomic E-state index is 0.210. The molecule has 0 atom stereocenters. The Morgan fingerprint density at radius 1 is 1.28 bits per heavy atom. The Balaban J connectivity index is 0.000000272. The predicted molar refractivity (Wildman–Crippen MR) is 79.1 cm³/mol. The van der Waals surface area contributed by atoms with E-state index in [4.69, 9.17) is 0 Å². The monoisotopic (exact) mass is 334 g/mol. The normalized spacial score (nSPS) is 14.6. The molecule has 2 aliphatic carbocycles. The van der Waals surface area contributed by atoms with Gasteiger partial charge in [-0.25, -0.2) is 23.8 Å². The van der Waals surface area contributed by atoms with Crippen LogP contribution in [0.25, 0.3) is 0 Å². The van der Waals surface area contributed by atoms with E-state index in [-0.39, 0.29) is 5.43 Å². The van der Waals surface area contributed by atoms with E-state index in [1.807, 2.05) is 12.2 Å². The van der Waals surface area contributed by atoms with Crippen molar-refractivity contribution >= 4 is 5.43 Å². The van der Waals surface area contributed by atoms with Crippen LogP contribution in [0.1, 0.15) is 39.0 Å². The van der Waals surface area contributed by atoms with E-state index < -0.39 is 0 Å². The second kappa shape index (κ2) is 13.5. The third kappa shape index (κ3) is 14.1. The molecule has 2 rings (SSSR count). The summed E-state index contributed by atoms with van der Waals surface area (Å²) in [5, 5.41) is 0. The van der Waals surface area contributed by atoms with Crippen molar-refractivity contribution in [1.82, 2.24) is 0 Å². The molecule has 0 unspecified atom stereocenters. The van der Waals surface area contributed by atoms with Crippen molar-refractivity contribution in [2.24, 2.45) is 0 Å². The van der Waals surface area contributed by atoms with Crippen LogP contribution in [0.15, 0.2) is 36.0 Å². The zero-order chi connectivity index (χ0) is 13.6. The standard InChI is InChI=1S/C9H13.C5H5.C2H6Si.Zr/c1-2-3-6-9-7-4-5-8-9;1-2-4-5-3-1;1-3-2;/h7-8H,2-4,6H2,1H3;1-3H,4H2;1-2H3;/q2*-1;;+2. The van der Waals surface area contributed by atoms with E-state index in [0.717, 1.165) is 12.8 Å².